The normalized spacial score (nSPS) is 13.7. The van der Waals surface area contributed by atoms with Crippen molar-refractivity contribution in [3.8, 4) is 28.4 Å². The number of benzene rings is 2. The molecule has 2 amide bonds. The first kappa shape index (κ1) is 30.7. The molecule has 1 aliphatic rings. The number of hydrogen-bond acceptors (Lipinski definition) is 7. The predicted molar refractivity (Wildman–Crippen MR) is 171 cm³/mol. The van der Waals surface area contributed by atoms with E-state index in [9.17, 15) is 14.4 Å². The number of ether oxygens (including phenoxy) is 3. The molecule has 1 heterocycles. The summed E-state index contributed by atoms with van der Waals surface area (Å²) >= 11 is 6.27. The molecule has 1 atom stereocenters. The highest BCUT2D eigenvalue weighted by molar-refractivity contribution is 6.35. The number of fused-ring (bicyclic) bond motifs is 4. The Morgan fingerprint density at radius 1 is 1.02 bits per heavy atom. The van der Waals surface area contributed by atoms with Crippen molar-refractivity contribution in [1.82, 2.24) is 15.2 Å². The van der Waals surface area contributed by atoms with Gasteiger partial charge in [0.25, 0.3) is 0 Å². The predicted octanol–water partition coefficient (Wildman–Crippen LogP) is 4.70. The number of nitrogens with one attached hydrogen (secondary N) is 3. The number of methoxy groups -OCH3 is 3. The lowest BCUT2D eigenvalue weighted by atomic mass is 9.95. The van der Waals surface area contributed by atoms with Crippen molar-refractivity contribution in [2.24, 2.45) is 0 Å². The molecule has 4 aromatic rings. The number of amides is 2. The van der Waals surface area contributed by atoms with Gasteiger partial charge in [-0.1, -0.05) is 23.7 Å². The number of carbonyl (C=O) groups is 2. The molecule has 3 aromatic carbocycles. The monoisotopic (exact) mass is 618 g/mol. The molecule has 1 unspecified atom stereocenters. The highest BCUT2D eigenvalue weighted by atomic mass is 35.5. The Balaban J connectivity index is 1.40. The van der Waals surface area contributed by atoms with E-state index < -0.39 is 6.04 Å². The van der Waals surface area contributed by atoms with E-state index in [0.717, 1.165) is 22.0 Å². The fourth-order valence-electron chi connectivity index (χ4n) is 5.79. The highest BCUT2D eigenvalue weighted by Gasteiger charge is 2.29. The summed E-state index contributed by atoms with van der Waals surface area (Å²) in [6.45, 7) is 2.32. The smallest absolute Gasteiger partial charge is 0.239 e. The molecule has 0 spiro atoms. The fourth-order valence-corrected chi connectivity index (χ4v) is 6.02. The minimum Gasteiger partial charge on any atom is -0.493 e. The van der Waals surface area contributed by atoms with Crippen LogP contribution in [0.2, 0.25) is 5.02 Å². The molecule has 44 heavy (non-hydrogen) atoms. The van der Waals surface area contributed by atoms with Gasteiger partial charge in [-0.3, -0.25) is 14.4 Å². The quantitative estimate of drug-likeness (QED) is 0.236. The van der Waals surface area contributed by atoms with Crippen molar-refractivity contribution in [1.29, 1.82) is 0 Å². The summed E-state index contributed by atoms with van der Waals surface area (Å²) in [5.74, 6) is 0.954. The van der Waals surface area contributed by atoms with Gasteiger partial charge in [-0.05, 0) is 65.9 Å². The summed E-state index contributed by atoms with van der Waals surface area (Å²) in [7, 11) is 4.65. The number of aryl methyl sites for hydroxylation is 1. The van der Waals surface area contributed by atoms with Crippen molar-refractivity contribution < 1.29 is 23.8 Å². The van der Waals surface area contributed by atoms with Gasteiger partial charge in [0.2, 0.25) is 23.0 Å². The zero-order valence-electron chi connectivity index (χ0n) is 25.1. The van der Waals surface area contributed by atoms with Crippen LogP contribution in [0.15, 0.2) is 59.5 Å². The van der Waals surface area contributed by atoms with E-state index in [-0.39, 0.29) is 29.5 Å². The second kappa shape index (κ2) is 13.3. The Morgan fingerprint density at radius 2 is 1.82 bits per heavy atom. The number of rotatable bonds is 10. The van der Waals surface area contributed by atoms with Gasteiger partial charge in [-0.2, -0.15) is 0 Å². The van der Waals surface area contributed by atoms with Gasteiger partial charge < -0.3 is 34.7 Å². The third kappa shape index (κ3) is 6.16. The highest BCUT2D eigenvalue weighted by Crippen LogP contribution is 2.50. The lowest BCUT2D eigenvalue weighted by Gasteiger charge is -2.19. The number of nitrogens with zero attached hydrogens (tertiary/aromatic N) is 1. The molecule has 0 fully saturated rings. The van der Waals surface area contributed by atoms with Crippen LogP contribution in [0.1, 0.15) is 30.5 Å². The maximum Gasteiger partial charge on any atom is 0.239 e. The van der Waals surface area contributed by atoms with E-state index in [0.29, 0.717) is 59.3 Å². The molecule has 0 saturated heterocycles. The van der Waals surface area contributed by atoms with Gasteiger partial charge in [-0.25, -0.2) is 0 Å². The van der Waals surface area contributed by atoms with E-state index >= 15 is 0 Å². The third-order valence-corrected chi connectivity index (χ3v) is 8.12. The summed E-state index contributed by atoms with van der Waals surface area (Å²) in [4.78, 5) is 38.3. The molecule has 0 saturated carbocycles. The van der Waals surface area contributed by atoms with Crippen LogP contribution in [0.25, 0.3) is 22.0 Å². The molecule has 3 N–H and O–H groups in total. The minimum absolute atomic E-state index is 0.0950. The Morgan fingerprint density at radius 3 is 2.55 bits per heavy atom. The van der Waals surface area contributed by atoms with E-state index in [1.165, 1.54) is 20.1 Å². The Hall–Kier alpha value is -4.70. The Bertz CT molecular complexity index is 1790. The van der Waals surface area contributed by atoms with Crippen LogP contribution in [0.5, 0.6) is 17.2 Å². The van der Waals surface area contributed by atoms with Crippen LogP contribution in [0, 0.1) is 0 Å². The molecule has 1 aromatic heterocycles. The first-order valence-corrected chi connectivity index (χ1v) is 14.6. The number of aromatic nitrogens is 1. The van der Waals surface area contributed by atoms with E-state index in [1.54, 1.807) is 20.3 Å². The maximum atomic E-state index is 13.5. The number of hydrogen-bond donors (Lipinski definition) is 3. The van der Waals surface area contributed by atoms with Crippen molar-refractivity contribution in [3.05, 3.63) is 81.1 Å². The topological polar surface area (TPSA) is 120 Å². The number of anilines is 1. The zero-order chi connectivity index (χ0) is 31.4. The largest absolute Gasteiger partial charge is 0.493 e. The van der Waals surface area contributed by atoms with Gasteiger partial charge in [-0.15, -0.1) is 0 Å². The van der Waals surface area contributed by atoms with Crippen LogP contribution in [-0.4, -0.2) is 50.8 Å². The molecule has 0 aliphatic heterocycles. The SMILES string of the molecule is COc1cc2c(c(OC)c1OC)-c1ccc(NCC(=O)NCCn3ccc4c(Cl)cccc43)c(=O)cc1C(NC(C)=O)CC2. The molecule has 11 heteroatoms. The van der Waals surface area contributed by atoms with E-state index in [1.807, 2.05) is 47.2 Å². The average molecular weight is 619 g/mol. The van der Waals surface area contributed by atoms with Crippen molar-refractivity contribution in [2.45, 2.75) is 32.4 Å². The van der Waals surface area contributed by atoms with Gasteiger partial charge in [0.1, 0.15) is 0 Å². The molecule has 10 nitrogen and oxygen atoms in total. The second-order valence-electron chi connectivity index (χ2n) is 10.5. The standard InChI is InChI=1S/C33H35ClN4O6/c1-19(39)37-25-10-8-20-16-29(42-2)32(43-3)33(44-4)31(20)21-9-11-26(28(40)17-23(21)25)36-18-30(41)35-13-15-38-14-12-22-24(34)6-5-7-27(22)38/h5-7,9,11-12,14,16-17,25H,8,10,13,15,18H2,1-4H3,(H,35,41)(H,36,40)(H,37,39). The van der Waals surface area contributed by atoms with Crippen LogP contribution in [0.3, 0.4) is 0 Å². The van der Waals surface area contributed by atoms with Crippen LogP contribution < -0.4 is 35.6 Å². The molecule has 1 aliphatic carbocycles. The van der Waals surface area contributed by atoms with Gasteiger partial charge in [0.05, 0.1) is 39.6 Å². The summed E-state index contributed by atoms with van der Waals surface area (Å²) in [6.07, 6.45) is 3.09. The summed E-state index contributed by atoms with van der Waals surface area (Å²) in [6, 6.07) is 14.1. The average Bonchev–Trinajstić information content (AvgIpc) is 3.28. The molecular weight excluding hydrogens is 584 g/mol. The Kier molecular flexibility index (Phi) is 9.29. The lowest BCUT2D eigenvalue weighted by Crippen LogP contribution is -2.33. The molecule has 230 valence electrons. The second-order valence-corrected chi connectivity index (χ2v) is 10.9. The van der Waals surface area contributed by atoms with Gasteiger partial charge >= 0.3 is 0 Å². The molecule has 0 radical (unpaired) electrons. The summed E-state index contributed by atoms with van der Waals surface area (Å²) < 4.78 is 19.1. The third-order valence-electron chi connectivity index (χ3n) is 7.79. The zero-order valence-corrected chi connectivity index (χ0v) is 25.8. The Labute approximate surface area is 260 Å². The fraction of sp³-hybridized carbons (Fsp3) is 0.303. The van der Waals surface area contributed by atoms with Crippen LogP contribution in [0.4, 0.5) is 5.69 Å². The van der Waals surface area contributed by atoms with Crippen molar-refractivity contribution >= 4 is 40.0 Å². The van der Waals surface area contributed by atoms with Crippen molar-refractivity contribution in [2.75, 3.05) is 39.7 Å². The maximum absolute atomic E-state index is 13.5. The summed E-state index contributed by atoms with van der Waals surface area (Å²) in [5, 5.41) is 10.5. The lowest BCUT2D eigenvalue weighted by molar-refractivity contribution is -0.120. The number of halogens is 1. The number of carbonyl (C=O) groups excluding carboxylic acids is 2. The first-order valence-electron chi connectivity index (χ1n) is 14.3. The van der Waals surface area contributed by atoms with Gasteiger partial charge in [0.15, 0.2) is 11.5 Å². The molecule has 0 bridgehead atoms. The summed E-state index contributed by atoms with van der Waals surface area (Å²) in [5.41, 5.74) is 3.97. The van der Waals surface area contributed by atoms with Crippen LogP contribution >= 0.6 is 11.6 Å². The molecular formula is C33H35ClN4O6. The van der Waals surface area contributed by atoms with E-state index in [2.05, 4.69) is 16.0 Å². The first-order chi connectivity index (χ1) is 21.2. The molecule has 5 rings (SSSR count). The van der Waals surface area contributed by atoms with Crippen molar-refractivity contribution in [3.63, 3.8) is 0 Å². The minimum atomic E-state index is -0.424. The van der Waals surface area contributed by atoms with E-state index in [4.69, 9.17) is 25.8 Å². The van der Waals surface area contributed by atoms with Crippen LogP contribution in [-0.2, 0) is 22.6 Å². The van der Waals surface area contributed by atoms with Gasteiger partial charge in [0, 0.05) is 47.7 Å².